The summed E-state index contributed by atoms with van der Waals surface area (Å²) in [7, 11) is 1.57. The first-order valence-electron chi connectivity index (χ1n) is 6.44. The number of methoxy groups -OCH3 is 1. The molecular formula is C16H16BrFO3. The fraction of sp³-hybridized carbons (Fsp3) is 0.250. The summed E-state index contributed by atoms with van der Waals surface area (Å²) in [5.41, 5.74) is 1.49. The Hall–Kier alpha value is -1.59. The average Bonchev–Trinajstić information content (AvgIpc) is 2.45. The highest BCUT2D eigenvalue weighted by Crippen LogP contribution is 2.30. The van der Waals surface area contributed by atoms with Gasteiger partial charge in [-0.25, -0.2) is 4.39 Å². The van der Waals surface area contributed by atoms with E-state index in [0.29, 0.717) is 21.5 Å². The van der Waals surface area contributed by atoms with Gasteiger partial charge in [-0.3, -0.25) is 0 Å². The quantitative estimate of drug-likeness (QED) is 0.873. The number of benzene rings is 2. The van der Waals surface area contributed by atoms with Crippen LogP contribution in [0.4, 0.5) is 4.39 Å². The molecule has 0 saturated carbocycles. The molecule has 0 fully saturated rings. The lowest BCUT2D eigenvalue weighted by atomic mass is 10.1. The van der Waals surface area contributed by atoms with Crippen LogP contribution in [0.25, 0.3) is 0 Å². The van der Waals surface area contributed by atoms with Gasteiger partial charge in [0.15, 0.2) is 0 Å². The van der Waals surface area contributed by atoms with E-state index in [1.54, 1.807) is 38.3 Å². The summed E-state index contributed by atoms with van der Waals surface area (Å²) in [4.78, 5) is 0. The number of aliphatic hydroxyl groups is 1. The van der Waals surface area contributed by atoms with E-state index in [4.69, 9.17) is 9.47 Å². The summed E-state index contributed by atoms with van der Waals surface area (Å²) in [5.74, 6) is 0.879. The minimum atomic E-state index is -0.650. The van der Waals surface area contributed by atoms with Crippen LogP contribution in [0.15, 0.2) is 40.9 Å². The van der Waals surface area contributed by atoms with Gasteiger partial charge in [0.1, 0.15) is 23.9 Å². The first-order chi connectivity index (χ1) is 10.0. The molecule has 0 amide bonds. The van der Waals surface area contributed by atoms with Crippen molar-refractivity contribution in [2.45, 2.75) is 19.6 Å². The largest absolute Gasteiger partial charge is 0.497 e. The van der Waals surface area contributed by atoms with Gasteiger partial charge in [0.05, 0.1) is 13.2 Å². The first-order valence-corrected chi connectivity index (χ1v) is 7.23. The molecule has 2 aromatic carbocycles. The lowest BCUT2D eigenvalue weighted by molar-refractivity contribution is 0.189. The molecule has 0 bridgehead atoms. The molecule has 1 N–H and O–H groups in total. The summed E-state index contributed by atoms with van der Waals surface area (Å²) in [6, 6.07) is 9.67. The van der Waals surface area contributed by atoms with Crippen molar-refractivity contribution in [1.29, 1.82) is 0 Å². The SMILES string of the molecule is COc1ccc(C(C)O)c(OCc2ccc(F)cc2Br)c1. The number of hydrogen-bond donors (Lipinski definition) is 1. The summed E-state index contributed by atoms with van der Waals surface area (Å²) < 4.78 is 24.6. The minimum absolute atomic E-state index is 0.258. The van der Waals surface area contributed by atoms with Crippen LogP contribution < -0.4 is 9.47 Å². The standard InChI is InChI=1S/C16H16BrFO3/c1-10(19)14-6-5-13(20-2)8-16(14)21-9-11-3-4-12(18)7-15(11)17/h3-8,10,19H,9H2,1-2H3. The molecule has 0 heterocycles. The van der Waals surface area contributed by atoms with Crippen molar-refractivity contribution < 1.29 is 19.0 Å². The third-order valence-electron chi connectivity index (χ3n) is 3.07. The Bertz CT molecular complexity index is 629. The van der Waals surface area contributed by atoms with Crippen LogP contribution in [0.3, 0.4) is 0 Å². The maximum Gasteiger partial charge on any atom is 0.129 e. The van der Waals surface area contributed by atoms with E-state index in [9.17, 15) is 9.50 Å². The van der Waals surface area contributed by atoms with Crippen molar-refractivity contribution >= 4 is 15.9 Å². The Morgan fingerprint density at radius 2 is 2.00 bits per heavy atom. The third kappa shape index (κ3) is 3.95. The Kier molecular flexibility index (Phi) is 5.20. The molecule has 2 aromatic rings. The van der Waals surface area contributed by atoms with E-state index in [0.717, 1.165) is 5.56 Å². The second kappa shape index (κ2) is 6.91. The first kappa shape index (κ1) is 15.8. The van der Waals surface area contributed by atoms with E-state index >= 15 is 0 Å². The molecular weight excluding hydrogens is 339 g/mol. The van der Waals surface area contributed by atoms with Crippen molar-refractivity contribution in [2.75, 3.05) is 7.11 Å². The molecule has 1 atom stereocenters. The van der Waals surface area contributed by atoms with E-state index in [1.807, 2.05) is 0 Å². The molecule has 0 aliphatic carbocycles. The van der Waals surface area contributed by atoms with Crippen LogP contribution in [0.2, 0.25) is 0 Å². The van der Waals surface area contributed by atoms with Gasteiger partial charge in [-0.2, -0.15) is 0 Å². The Labute approximate surface area is 131 Å². The van der Waals surface area contributed by atoms with Gasteiger partial charge >= 0.3 is 0 Å². The average molecular weight is 355 g/mol. The third-order valence-corrected chi connectivity index (χ3v) is 3.81. The minimum Gasteiger partial charge on any atom is -0.497 e. The van der Waals surface area contributed by atoms with Crippen molar-refractivity contribution in [3.63, 3.8) is 0 Å². The van der Waals surface area contributed by atoms with E-state index < -0.39 is 6.10 Å². The molecule has 112 valence electrons. The number of ether oxygens (including phenoxy) is 2. The molecule has 5 heteroatoms. The normalized spacial score (nSPS) is 12.0. The molecule has 0 spiro atoms. The summed E-state index contributed by atoms with van der Waals surface area (Å²) >= 11 is 3.30. The Morgan fingerprint density at radius 3 is 2.62 bits per heavy atom. The highest BCUT2D eigenvalue weighted by molar-refractivity contribution is 9.10. The highest BCUT2D eigenvalue weighted by Gasteiger charge is 2.11. The van der Waals surface area contributed by atoms with Gasteiger partial charge in [-0.05, 0) is 31.2 Å². The van der Waals surface area contributed by atoms with Gasteiger partial charge < -0.3 is 14.6 Å². The van der Waals surface area contributed by atoms with E-state index in [-0.39, 0.29) is 12.4 Å². The molecule has 21 heavy (non-hydrogen) atoms. The lowest BCUT2D eigenvalue weighted by Gasteiger charge is -2.15. The molecule has 2 rings (SSSR count). The maximum atomic E-state index is 13.1. The number of halogens is 2. The molecule has 1 unspecified atom stereocenters. The highest BCUT2D eigenvalue weighted by atomic mass is 79.9. The van der Waals surface area contributed by atoms with Gasteiger partial charge in [0.25, 0.3) is 0 Å². The van der Waals surface area contributed by atoms with Crippen molar-refractivity contribution in [3.8, 4) is 11.5 Å². The molecule has 0 aliphatic rings. The number of aliphatic hydroxyl groups excluding tert-OH is 1. The molecule has 0 aromatic heterocycles. The zero-order valence-corrected chi connectivity index (χ0v) is 13.4. The fourth-order valence-corrected chi connectivity index (χ4v) is 2.37. The molecule has 0 aliphatic heterocycles. The van der Waals surface area contributed by atoms with E-state index in [1.165, 1.54) is 12.1 Å². The molecule has 3 nitrogen and oxygen atoms in total. The van der Waals surface area contributed by atoms with Gasteiger partial charge in [0, 0.05) is 21.7 Å². The lowest BCUT2D eigenvalue weighted by Crippen LogP contribution is -2.02. The van der Waals surface area contributed by atoms with Crippen molar-refractivity contribution in [3.05, 3.63) is 57.8 Å². The Balaban J connectivity index is 2.22. The summed E-state index contributed by atoms with van der Waals surface area (Å²) in [6.07, 6.45) is -0.650. The zero-order valence-electron chi connectivity index (χ0n) is 11.8. The number of rotatable bonds is 5. The topological polar surface area (TPSA) is 38.7 Å². The summed E-state index contributed by atoms with van der Waals surface area (Å²) in [5, 5.41) is 9.78. The van der Waals surface area contributed by atoms with E-state index in [2.05, 4.69) is 15.9 Å². The van der Waals surface area contributed by atoms with Gasteiger partial charge in [-0.15, -0.1) is 0 Å². The second-order valence-corrected chi connectivity index (χ2v) is 5.46. The zero-order chi connectivity index (χ0) is 15.4. The van der Waals surface area contributed by atoms with Crippen LogP contribution in [-0.4, -0.2) is 12.2 Å². The number of hydrogen-bond acceptors (Lipinski definition) is 3. The van der Waals surface area contributed by atoms with Crippen molar-refractivity contribution in [2.24, 2.45) is 0 Å². The monoisotopic (exact) mass is 354 g/mol. The van der Waals surface area contributed by atoms with Crippen LogP contribution in [0.5, 0.6) is 11.5 Å². The summed E-state index contributed by atoms with van der Waals surface area (Å²) in [6.45, 7) is 1.93. The van der Waals surface area contributed by atoms with Gasteiger partial charge in [-0.1, -0.05) is 22.0 Å². The maximum absolute atomic E-state index is 13.1. The van der Waals surface area contributed by atoms with Crippen LogP contribution >= 0.6 is 15.9 Å². The van der Waals surface area contributed by atoms with Gasteiger partial charge in [0.2, 0.25) is 0 Å². The smallest absolute Gasteiger partial charge is 0.129 e. The van der Waals surface area contributed by atoms with Crippen molar-refractivity contribution in [1.82, 2.24) is 0 Å². The van der Waals surface area contributed by atoms with Crippen LogP contribution in [-0.2, 0) is 6.61 Å². The predicted octanol–water partition coefficient (Wildman–Crippen LogP) is 4.23. The molecule has 0 saturated heterocycles. The molecule has 0 radical (unpaired) electrons. The second-order valence-electron chi connectivity index (χ2n) is 4.60. The van der Waals surface area contributed by atoms with Crippen LogP contribution in [0, 0.1) is 5.82 Å². The predicted molar refractivity (Wildman–Crippen MR) is 82.1 cm³/mol. The Morgan fingerprint density at radius 1 is 1.24 bits per heavy atom. The fourth-order valence-electron chi connectivity index (χ4n) is 1.91. The van der Waals surface area contributed by atoms with Crippen LogP contribution in [0.1, 0.15) is 24.2 Å².